The van der Waals surface area contributed by atoms with E-state index in [-0.39, 0.29) is 0 Å². The molecule has 0 saturated heterocycles. The molecule has 63 heavy (non-hydrogen) atoms. The number of fused-ring (bicyclic) bond motifs is 13. The molecule has 0 radical (unpaired) electrons. The van der Waals surface area contributed by atoms with Gasteiger partial charge in [-0.25, -0.2) is 15.0 Å². The molecule has 0 N–H and O–H groups in total. The van der Waals surface area contributed by atoms with Gasteiger partial charge in [-0.2, -0.15) is 0 Å². The monoisotopic (exact) mass is 801 g/mol. The Labute approximate surface area is 364 Å². The first-order chi connectivity index (χ1) is 31.2. The van der Waals surface area contributed by atoms with Crippen molar-refractivity contribution in [3.05, 3.63) is 235 Å². The summed E-state index contributed by atoms with van der Waals surface area (Å²) in [7, 11) is 0. The summed E-state index contributed by atoms with van der Waals surface area (Å²) in [6.45, 7) is 0. The summed E-state index contributed by atoms with van der Waals surface area (Å²) < 4.78 is 0. The molecule has 0 amide bonds. The highest BCUT2D eigenvalue weighted by Gasteiger charge is 2.51. The van der Waals surface area contributed by atoms with E-state index < -0.39 is 5.41 Å². The Balaban J connectivity index is 1.07. The highest BCUT2D eigenvalue weighted by molar-refractivity contribution is 6.10. The molecule has 1 spiro atoms. The van der Waals surface area contributed by atoms with Gasteiger partial charge in [0, 0.05) is 39.9 Å². The van der Waals surface area contributed by atoms with E-state index in [0.717, 1.165) is 60.8 Å². The van der Waals surface area contributed by atoms with Gasteiger partial charge in [0.05, 0.1) is 16.4 Å². The molecule has 3 aromatic heterocycles. The molecule has 5 heteroatoms. The van der Waals surface area contributed by atoms with E-state index in [1.807, 2.05) is 85.2 Å². The van der Waals surface area contributed by atoms with Gasteiger partial charge in [-0.15, -0.1) is 0 Å². The first-order valence-corrected chi connectivity index (χ1v) is 21.3. The molecule has 0 aliphatic heterocycles. The molecule has 5 nitrogen and oxygen atoms in total. The fourth-order valence-corrected chi connectivity index (χ4v) is 10.3. The molecule has 3 heterocycles. The number of aromatic nitrogens is 5. The first kappa shape index (κ1) is 35.4. The summed E-state index contributed by atoms with van der Waals surface area (Å²) in [5, 5.41) is 2.06. The van der Waals surface area contributed by atoms with E-state index >= 15 is 0 Å². The SMILES string of the molecule is c1ccc(-c2nc(-c3ccccc3)nc(-c3cc(-c4ccc5c(c4)-c4ccccc4C54c5ccccc5-c5ccccc54)cc(-c4cc5cccnc5c5ncccc45)c3)n2)cc1. The molecule has 2 aliphatic rings. The van der Waals surface area contributed by atoms with Crippen molar-refractivity contribution in [2.24, 2.45) is 0 Å². The number of hydrogen-bond acceptors (Lipinski definition) is 5. The zero-order valence-electron chi connectivity index (χ0n) is 33.9. The van der Waals surface area contributed by atoms with Crippen molar-refractivity contribution in [3.63, 3.8) is 0 Å². The first-order valence-electron chi connectivity index (χ1n) is 21.3. The standard InChI is InChI=1S/C58H35N5/c1-3-15-36(16-4-1)55-61-56(37-17-5-2-6-18-37)63-57(62-55)42-32-40(31-41(33-42)47-35-39-19-13-29-59-53(39)54-46(47)23-14-30-60-54)38-27-28-52-48(34-38)45-22-9-12-26-51(45)58(52)49-24-10-7-20-43(49)44-21-8-11-25-50(44)58/h1-35H. The lowest BCUT2D eigenvalue weighted by atomic mass is 9.70. The minimum atomic E-state index is -0.414. The van der Waals surface area contributed by atoms with Gasteiger partial charge in [0.25, 0.3) is 0 Å². The van der Waals surface area contributed by atoms with Crippen LogP contribution in [0.5, 0.6) is 0 Å². The Morgan fingerprint density at radius 3 is 1.41 bits per heavy atom. The second-order valence-electron chi connectivity index (χ2n) is 16.4. The maximum atomic E-state index is 5.22. The highest BCUT2D eigenvalue weighted by atomic mass is 15.0. The third-order valence-corrected chi connectivity index (χ3v) is 13.0. The number of benzene rings is 8. The molecule has 2 aliphatic carbocycles. The highest BCUT2D eigenvalue weighted by Crippen LogP contribution is 2.63. The van der Waals surface area contributed by atoms with Crippen LogP contribution in [0.15, 0.2) is 213 Å². The molecule has 292 valence electrons. The predicted molar refractivity (Wildman–Crippen MR) is 254 cm³/mol. The normalized spacial score (nSPS) is 12.9. The fraction of sp³-hybridized carbons (Fsp3) is 0.0172. The Bertz CT molecular complexity index is 3530. The van der Waals surface area contributed by atoms with Crippen molar-refractivity contribution >= 4 is 21.8 Å². The van der Waals surface area contributed by atoms with Crippen molar-refractivity contribution < 1.29 is 0 Å². The second kappa shape index (κ2) is 13.8. The lowest BCUT2D eigenvalue weighted by molar-refractivity contribution is 0.794. The average Bonchev–Trinajstić information content (AvgIpc) is 3.83. The van der Waals surface area contributed by atoms with Gasteiger partial charge < -0.3 is 0 Å². The summed E-state index contributed by atoms with van der Waals surface area (Å²) in [5.74, 6) is 1.84. The van der Waals surface area contributed by atoms with Gasteiger partial charge in [0.1, 0.15) is 0 Å². The third-order valence-electron chi connectivity index (χ3n) is 13.0. The van der Waals surface area contributed by atoms with Crippen LogP contribution in [0, 0.1) is 0 Å². The lowest BCUT2D eigenvalue weighted by Gasteiger charge is -2.30. The van der Waals surface area contributed by atoms with Crippen molar-refractivity contribution in [2.45, 2.75) is 5.41 Å². The van der Waals surface area contributed by atoms with Gasteiger partial charge in [0.15, 0.2) is 17.5 Å². The van der Waals surface area contributed by atoms with E-state index in [0.29, 0.717) is 17.5 Å². The molecule has 0 bridgehead atoms. The Kier molecular flexibility index (Phi) is 7.75. The molecule has 0 saturated carbocycles. The van der Waals surface area contributed by atoms with Crippen LogP contribution in [0.3, 0.4) is 0 Å². The van der Waals surface area contributed by atoms with Crippen molar-refractivity contribution in [2.75, 3.05) is 0 Å². The molecule has 0 fully saturated rings. The summed E-state index contributed by atoms with van der Waals surface area (Å²) in [6.07, 6.45) is 3.68. The van der Waals surface area contributed by atoms with Crippen LogP contribution in [-0.2, 0) is 5.41 Å². The van der Waals surface area contributed by atoms with Gasteiger partial charge in [-0.1, -0.05) is 158 Å². The third kappa shape index (κ3) is 5.33. The summed E-state index contributed by atoms with van der Waals surface area (Å²) in [5.41, 5.74) is 18.7. The van der Waals surface area contributed by atoms with Crippen molar-refractivity contribution in [3.8, 4) is 78.7 Å². The van der Waals surface area contributed by atoms with Gasteiger partial charge in [-0.05, 0) is 109 Å². The predicted octanol–water partition coefficient (Wildman–Crippen LogP) is 13.6. The lowest BCUT2D eigenvalue weighted by Crippen LogP contribution is -2.25. The summed E-state index contributed by atoms with van der Waals surface area (Å²) in [6, 6.07) is 71.5. The Morgan fingerprint density at radius 1 is 0.286 bits per heavy atom. The average molecular weight is 802 g/mol. The van der Waals surface area contributed by atoms with E-state index in [4.69, 9.17) is 24.9 Å². The van der Waals surface area contributed by atoms with E-state index in [1.54, 1.807) is 0 Å². The quantitative estimate of drug-likeness (QED) is 0.162. The minimum absolute atomic E-state index is 0.414. The van der Waals surface area contributed by atoms with Gasteiger partial charge >= 0.3 is 0 Å². The molecule has 0 atom stereocenters. The molecular weight excluding hydrogens is 767 g/mol. The second-order valence-corrected chi connectivity index (χ2v) is 16.4. The van der Waals surface area contributed by atoms with Crippen LogP contribution in [-0.4, -0.2) is 24.9 Å². The smallest absolute Gasteiger partial charge is 0.164 e. The minimum Gasteiger partial charge on any atom is -0.254 e. The van der Waals surface area contributed by atoms with Crippen LogP contribution in [0.25, 0.3) is 100 Å². The zero-order valence-corrected chi connectivity index (χ0v) is 33.9. The number of rotatable bonds is 5. The summed E-state index contributed by atoms with van der Waals surface area (Å²) >= 11 is 0. The van der Waals surface area contributed by atoms with Crippen molar-refractivity contribution in [1.29, 1.82) is 0 Å². The number of nitrogens with zero attached hydrogens (tertiary/aromatic N) is 5. The molecule has 13 rings (SSSR count). The van der Waals surface area contributed by atoms with Crippen LogP contribution in [0.1, 0.15) is 22.3 Å². The molecule has 11 aromatic rings. The van der Waals surface area contributed by atoms with Crippen LogP contribution < -0.4 is 0 Å². The molecular formula is C58H35N5. The largest absolute Gasteiger partial charge is 0.254 e. The topological polar surface area (TPSA) is 64.5 Å². The van der Waals surface area contributed by atoms with Crippen LogP contribution in [0.4, 0.5) is 0 Å². The van der Waals surface area contributed by atoms with E-state index in [9.17, 15) is 0 Å². The van der Waals surface area contributed by atoms with Crippen LogP contribution in [0.2, 0.25) is 0 Å². The molecule has 0 unspecified atom stereocenters. The number of pyridine rings is 2. The maximum absolute atomic E-state index is 5.22. The Hall–Kier alpha value is -8.41. The van der Waals surface area contributed by atoms with Gasteiger partial charge in [0.2, 0.25) is 0 Å². The zero-order chi connectivity index (χ0) is 41.5. The fourth-order valence-electron chi connectivity index (χ4n) is 10.3. The van der Waals surface area contributed by atoms with E-state index in [2.05, 4.69) is 127 Å². The molecule has 8 aromatic carbocycles. The van der Waals surface area contributed by atoms with E-state index in [1.165, 1.54) is 44.5 Å². The van der Waals surface area contributed by atoms with Gasteiger partial charge in [-0.3, -0.25) is 9.97 Å². The maximum Gasteiger partial charge on any atom is 0.164 e. The number of hydrogen-bond donors (Lipinski definition) is 0. The van der Waals surface area contributed by atoms with Crippen LogP contribution >= 0.6 is 0 Å². The summed E-state index contributed by atoms with van der Waals surface area (Å²) in [4.78, 5) is 25.1. The Morgan fingerprint density at radius 2 is 0.778 bits per heavy atom. The van der Waals surface area contributed by atoms with Crippen molar-refractivity contribution in [1.82, 2.24) is 24.9 Å².